The van der Waals surface area contributed by atoms with E-state index in [0.717, 1.165) is 11.3 Å². The van der Waals surface area contributed by atoms with E-state index in [-0.39, 0.29) is 11.6 Å². The Kier molecular flexibility index (Phi) is 2.99. The molecule has 1 aliphatic heterocycles. The van der Waals surface area contributed by atoms with Gasteiger partial charge in [0.1, 0.15) is 17.3 Å². The Labute approximate surface area is 110 Å². The number of ether oxygens (including phenoxy) is 2. The first-order chi connectivity index (χ1) is 9.24. The van der Waals surface area contributed by atoms with Crippen LogP contribution >= 0.6 is 0 Å². The van der Waals surface area contributed by atoms with Crippen molar-refractivity contribution in [2.75, 3.05) is 18.9 Å². The maximum absolute atomic E-state index is 13.3. The number of para-hydroxylation sites is 1. The highest BCUT2D eigenvalue weighted by Gasteiger charge is 2.24. The standard InChI is InChI=1S/C15H14FNO2/c16-13-7-11(5-6-14(13)17)18-8-10-9-19-15-4-2-1-3-12(10)15/h1-7,10H,8-9,17H2. The van der Waals surface area contributed by atoms with Gasteiger partial charge in [-0.3, -0.25) is 0 Å². The van der Waals surface area contributed by atoms with Crippen LogP contribution in [0, 0.1) is 5.82 Å². The number of hydrogen-bond donors (Lipinski definition) is 1. The summed E-state index contributed by atoms with van der Waals surface area (Å²) in [5.41, 5.74) is 6.68. The number of benzene rings is 2. The molecule has 2 N–H and O–H groups in total. The lowest BCUT2D eigenvalue weighted by Gasteiger charge is -2.11. The number of rotatable bonds is 3. The molecule has 4 heteroatoms. The summed E-state index contributed by atoms with van der Waals surface area (Å²) in [5.74, 6) is 1.10. The number of hydrogen-bond acceptors (Lipinski definition) is 3. The van der Waals surface area contributed by atoms with Gasteiger partial charge in [-0.1, -0.05) is 18.2 Å². The topological polar surface area (TPSA) is 44.5 Å². The second-order valence-corrected chi connectivity index (χ2v) is 4.54. The van der Waals surface area contributed by atoms with Crippen LogP contribution in [0.5, 0.6) is 11.5 Å². The fraction of sp³-hybridized carbons (Fsp3) is 0.200. The zero-order chi connectivity index (χ0) is 13.2. The van der Waals surface area contributed by atoms with E-state index < -0.39 is 5.82 Å². The van der Waals surface area contributed by atoms with E-state index in [0.29, 0.717) is 19.0 Å². The van der Waals surface area contributed by atoms with Crippen LogP contribution in [0.4, 0.5) is 10.1 Å². The summed E-state index contributed by atoms with van der Waals surface area (Å²) < 4.78 is 24.5. The van der Waals surface area contributed by atoms with Crippen LogP contribution in [-0.4, -0.2) is 13.2 Å². The molecule has 1 aliphatic rings. The van der Waals surface area contributed by atoms with Gasteiger partial charge in [-0.15, -0.1) is 0 Å². The smallest absolute Gasteiger partial charge is 0.149 e. The molecule has 2 aromatic carbocycles. The highest BCUT2D eigenvalue weighted by molar-refractivity contribution is 5.44. The zero-order valence-electron chi connectivity index (χ0n) is 10.3. The quantitative estimate of drug-likeness (QED) is 0.862. The van der Waals surface area contributed by atoms with Crippen LogP contribution < -0.4 is 15.2 Å². The third-order valence-electron chi connectivity index (χ3n) is 3.22. The van der Waals surface area contributed by atoms with E-state index >= 15 is 0 Å². The van der Waals surface area contributed by atoms with Crippen molar-refractivity contribution in [2.24, 2.45) is 0 Å². The van der Waals surface area contributed by atoms with Gasteiger partial charge in [0.25, 0.3) is 0 Å². The van der Waals surface area contributed by atoms with Crippen LogP contribution in [0.2, 0.25) is 0 Å². The van der Waals surface area contributed by atoms with Gasteiger partial charge in [0.05, 0.1) is 24.8 Å². The van der Waals surface area contributed by atoms with E-state index in [2.05, 4.69) is 0 Å². The lowest BCUT2D eigenvalue weighted by molar-refractivity contribution is 0.248. The molecule has 1 atom stereocenters. The summed E-state index contributed by atoms with van der Waals surface area (Å²) in [4.78, 5) is 0. The molecule has 98 valence electrons. The Balaban J connectivity index is 1.69. The van der Waals surface area contributed by atoms with Crippen molar-refractivity contribution in [1.82, 2.24) is 0 Å². The van der Waals surface area contributed by atoms with Gasteiger partial charge in [-0.2, -0.15) is 0 Å². The second kappa shape index (κ2) is 4.80. The predicted octanol–water partition coefficient (Wildman–Crippen LogP) is 2.96. The maximum Gasteiger partial charge on any atom is 0.149 e. The minimum Gasteiger partial charge on any atom is -0.493 e. The summed E-state index contributed by atoms with van der Waals surface area (Å²) in [7, 11) is 0. The molecule has 1 heterocycles. The number of nitrogens with two attached hydrogens (primary N) is 1. The highest BCUT2D eigenvalue weighted by atomic mass is 19.1. The second-order valence-electron chi connectivity index (χ2n) is 4.54. The molecule has 3 rings (SSSR count). The van der Waals surface area contributed by atoms with Crippen molar-refractivity contribution < 1.29 is 13.9 Å². The molecule has 0 aromatic heterocycles. The molecule has 1 unspecified atom stereocenters. The van der Waals surface area contributed by atoms with Gasteiger partial charge in [-0.25, -0.2) is 4.39 Å². The Hall–Kier alpha value is -2.23. The molecule has 0 aliphatic carbocycles. The Bertz CT molecular complexity index is 600. The Morgan fingerprint density at radius 3 is 2.95 bits per heavy atom. The van der Waals surface area contributed by atoms with E-state index in [1.54, 1.807) is 6.07 Å². The maximum atomic E-state index is 13.3. The first-order valence-corrected chi connectivity index (χ1v) is 6.13. The molecule has 19 heavy (non-hydrogen) atoms. The van der Waals surface area contributed by atoms with Crippen molar-refractivity contribution in [3.05, 3.63) is 53.8 Å². The lowest BCUT2D eigenvalue weighted by atomic mass is 10.0. The van der Waals surface area contributed by atoms with Crippen molar-refractivity contribution in [2.45, 2.75) is 5.92 Å². The van der Waals surface area contributed by atoms with Gasteiger partial charge in [-0.05, 0) is 18.2 Å². The third kappa shape index (κ3) is 2.34. The number of halogens is 1. The largest absolute Gasteiger partial charge is 0.493 e. The first kappa shape index (κ1) is 11.8. The molecular weight excluding hydrogens is 245 g/mol. The molecule has 2 aromatic rings. The Morgan fingerprint density at radius 2 is 2.11 bits per heavy atom. The van der Waals surface area contributed by atoms with E-state index in [9.17, 15) is 4.39 Å². The van der Waals surface area contributed by atoms with Crippen molar-refractivity contribution in [1.29, 1.82) is 0 Å². The summed E-state index contributed by atoms with van der Waals surface area (Å²) in [6.07, 6.45) is 0. The SMILES string of the molecule is Nc1ccc(OCC2COc3ccccc32)cc1F. The van der Waals surface area contributed by atoms with E-state index in [4.69, 9.17) is 15.2 Å². The van der Waals surface area contributed by atoms with Crippen LogP contribution in [0.25, 0.3) is 0 Å². The number of nitrogen functional groups attached to an aromatic ring is 1. The fourth-order valence-electron chi connectivity index (χ4n) is 2.16. The number of anilines is 1. The summed E-state index contributed by atoms with van der Waals surface area (Å²) in [6, 6.07) is 12.4. The third-order valence-corrected chi connectivity index (χ3v) is 3.22. The molecule has 3 nitrogen and oxygen atoms in total. The zero-order valence-corrected chi connectivity index (χ0v) is 10.3. The summed E-state index contributed by atoms with van der Waals surface area (Å²) in [5, 5.41) is 0. The fourth-order valence-corrected chi connectivity index (χ4v) is 2.16. The van der Waals surface area contributed by atoms with Gasteiger partial charge < -0.3 is 15.2 Å². The van der Waals surface area contributed by atoms with Crippen LogP contribution in [-0.2, 0) is 0 Å². The monoisotopic (exact) mass is 259 g/mol. The minimum absolute atomic E-state index is 0.127. The molecule has 0 amide bonds. The van der Waals surface area contributed by atoms with Crippen LogP contribution in [0.1, 0.15) is 11.5 Å². The van der Waals surface area contributed by atoms with Crippen molar-refractivity contribution >= 4 is 5.69 Å². The van der Waals surface area contributed by atoms with Gasteiger partial charge >= 0.3 is 0 Å². The average molecular weight is 259 g/mol. The lowest BCUT2D eigenvalue weighted by Crippen LogP contribution is -2.11. The van der Waals surface area contributed by atoms with Crippen LogP contribution in [0.3, 0.4) is 0 Å². The molecule has 0 radical (unpaired) electrons. The summed E-state index contributed by atoms with van der Waals surface area (Å²) >= 11 is 0. The predicted molar refractivity (Wildman–Crippen MR) is 71.0 cm³/mol. The summed E-state index contributed by atoms with van der Waals surface area (Å²) in [6.45, 7) is 1.05. The molecule has 0 spiro atoms. The van der Waals surface area contributed by atoms with Gasteiger partial charge in [0.15, 0.2) is 0 Å². The highest BCUT2D eigenvalue weighted by Crippen LogP contribution is 2.33. The number of fused-ring (bicyclic) bond motifs is 1. The Morgan fingerprint density at radius 1 is 1.26 bits per heavy atom. The van der Waals surface area contributed by atoms with E-state index in [1.165, 1.54) is 12.1 Å². The van der Waals surface area contributed by atoms with Crippen molar-refractivity contribution in [3.8, 4) is 11.5 Å². The van der Waals surface area contributed by atoms with Gasteiger partial charge in [0, 0.05) is 11.6 Å². The molecular formula is C15H14FNO2. The molecule has 0 saturated carbocycles. The minimum atomic E-state index is -0.458. The van der Waals surface area contributed by atoms with E-state index in [1.807, 2.05) is 24.3 Å². The van der Waals surface area contributed by atoms with Crippen molar-refractivity contribution in [3.63, 3.8) is 0 Å². The van der Waals surface area contributed by atoms with Crippen LogP contribution in [0.15, 0.2) is 42.5 Å². The molecule has 0 saturated heterocycles. The normalized spacial score (nSPS) is 16.8. The molecule has 0 bridgehead atoms. The van der Waals surface area contributed by atoms with Gasteiger partial charge in [0.2, 0.25) is 0 Å². The molecule has 0 fully saturated rings. The first-order valence-electron chi connectivity index (χ1n) is 6.13. The average Bonchev–Trinajstić information content (AvgIpc) is 2.83.